The maximum Gasteiger partial charge on any atom is 0.237 e. The molecule has 0 aromatic rings. The van der Waals surface area contributed by atoms with Crippen molar-refractivity contribution >= 4 is 5.91 Å². The van der Waals surface area contributed by atoms with E-state index in [9.17, 15) is 4.79 Å². The van der Waals surface area contributed by atoms with Crippen LogP contribution >= 0.6 is 0 Å². The number of hydrogen-bond donors (Lipinski definition) is 2. The standard InChI is InChI=1S/C14H26N2O/c1-10(2)8-12-14(17)16-13(9-15-12)11-6-4-3-5-7-11/h10-13,15H,3-9H2,1-2H3,(H,16,17)/t12-,13+/m0/s1. The van der Waals surface area contributed by atoms with Crippen LogP contribution in [0.25, 0.3) is 0 Å². The second kappa shape index (κ2) is 5.85. The molecule has 0 radical (unpaired) electrons. The van der Waals surface area contributed by atoms with Gasteiger partial charge in [0.05, 0.1) is 6.04 Å². The van der Waals surface area contributed by atoms with Gasteiger partial charge in [0.2, 0.25) is 5.91 Å². The Kier molecular flexibility index (Phi) is 4.43. The zero-order valence-corrected chi connectivity index (χ0v) is 11.2. The molecule has 98 valence electrons. The van der Waals surface area contributed by atoms with Crippen LogP contribution in [0.1, 0.15) is 52.4 Å². The average Bonchev–Trinajstić information content (AvgIpc) is 2.32. The zero-order chi connectivity index (χ0) is 12.3. The molecule has 1 amide bonds. The third-order valence-electron chi connectivity index (χ3n) is 4.15. The minimum atomic E-state index is 0.0369. The van der Waals surface area contributed by atoms with E-state index in [1.165, 1.54) is 32.1 Å². The number of carbonyl (C=O) groups is 1. The van der Waals surface area contributed by atoms with E-state index in [0.29, 0.717) is 17.9 Å². The molecule has 1 aliphatic carbocycles. The van der Waals surface area contributed by atoms with Gasteiger partial charge in [0, 0.05) is 12.6 Å². The van der Waals surface area contributed by atoms with Gasteiger partial charge in [-0.05, 0) is 31.1 Å². The van der Waals surface area contributed by atoms with Crippen LogP contribution in [0.4, 0.5) is 0 Å². The van der Waals surface area contributed by atoms with Crippen LogP contribution in [-0.4, -0.2) is 24.5 Å². The summed E-state index contributed by atoms with van der Waals surface area (Å²) in [4.78, 5) is 12.0. The first-order valence-electron chi connectivity index (χ1n) is 7.20. The predicted molar refractivity (Wildman–Crippen MR) is 69.8 cm³/mol. The highest BCUT2D eigenvalue weighted by Gasteiger charge is 2.32. The lowest BCUT2D eigenvalue weighted by Gasteiger charge is -2.37. The molecule has 0 bridgehead atoms. The summed E-state index contributed by atoms with van der Waals surface area (Å²) in [6, 6.07) is 0.418. The van der Waals surface area contributed by atoms with E-state index in [1.807, 2.05) is 0 Å². The second-order valence-electron chi connectivity index (χ2n) is 6.10. The molecule has 2 fully saturated rings. The summed E-state index contributed by atoms with van der Waals surface area (Å²) in [6.07, 6.45) is 7.59. The molecule has 1 saturated heterocycles. The summed E-state index contributed by atoms with van der Waals surface area (Å²) in [5.74, 6) is 1.50. The Bertz CT molecular complexity index is 259. The van der Waals surface area contributed by atoms with Gasteiger partial charge in [0.25, 0.3) is 0 Å². The largest absolute Gasteiger partial charge is 0.350 e. The highest BCUT2D eigenvalue weighted by atomic mass is 16.2. The Morgan fingerprint density at radius 2 is 1.94 bits per heavy atom. The number of carbonyl (C=O) groups excluding carboxylic acids is 1. The van der Waals surface area contributed by atoms with Crippen LogP contribution < -0.4 is 10.6 Å². The van der Waals surface area contributed by atoms with Crippen molar-refractivity contribution in [1.82, 2.24) is 10.6 Å². The third kappa shape index (κ3) is 3.44. The van der Waals surface area contributed by atoms with Gasteiger partial charge in [0.1, 0.15) is 0 Å². The zero-order valence-electron chi connectivity index (χ0n) is 11.2. The van der Waals surface area contributed by atoms with Gasteiger partial charge in [-0.3, -0.25) is 4.79 Å². The lowest BCUT2D eigenvalue weighted by atomic mass is 9.82. The van der Waals surface area contributed by atoms with Crippen LogP contribution in [0.15, 0.2) is 0 Å². The van der Waals surface area contributed by atoms with Crippen molar-refractivity contribution in [1.29, 1.82) is 0 Å². The van der Waals surface area contributed by atoms with Crippen molar-refractivity contribution in [2.45, 2.75) is 64.5 Å². The molecule has 17 heavy (non-hydrogen) atoms. The van der Waals surface area contributed by atoms with E-state index < -0.39 is 0 Å². The molecular formula is C14H26N2O. The summed E-state index contributed by atoms with van der Waals surface area (Å²) in [5, 5.41) is 6.68. The fourth-order valence-corrected chi connectivity index (χ4v) is 3.18. The Labute approximate surface area is 105 Å². The van der Waals surface area contributed by atoms with Crippen LogP contribution in [0.5, 0.6) is 0 Å². The number of hydrogen-bond acceptors (Lipinski definition) is 2. The molecule has 3 nitrogen and oxygen atoms in total. The minimum Gasteiger partial charge on any atom is -0.350 e. The number of nitrogens with one attached hydrogen (secondary N) is 2. The first kappa shape index (κ1) is 12.9. The van der Waals surface area contributed by atoms with E-state index in [2.05, 4.69) is 24.5 Å². The molecule has 2 aliphatic rings. The molecule has 2 rings (SSSR count). The Balaban J connectivity index is 1.83. The molecular weight excluding hydrogens is 212 g/mol. The summed E-state index contributed by atoms with van der Waals surface area (Å²) in [7, 11) is 0. The maximum absolute atomic E-state index is 12.0. The third-order valence-corrected chi connectivity index (χ3v) is 4.15. The second-order valence-corrected chi connectivity index (χ2v) is 6.10. The lowest BCUT2D eigenvalue weighted by molar-refractivity contribution is -0.126. The molecule has 2 N–H and O–H groups in total. The van der Waals surface area contributed by atoms with Crippen LogP contribution in [0, 0.1) is 11.8 Å². The van der Waals surface area contributed by atoms with Gasteiger partial charge < -0.3 is 10.6 Å². The molecule has 3 heteroatoms. The van der Waals surface area contributed by atoms with Crippen molar-refractivity contribution in [3.63, 3.8) is 0 Å². The topological polar surface area (TPSA) is 41.1 Å². The molecule has 0 spiro atoms. The van der Waals surface area contributed by atoms with E-state index in [1.54, 1.807) is 0 Å². The monoisotopic (exact) mass is 238 g/mol. The lowest BCUT2D eigenvalue weighted by Crippen LogP contribution is -2.60. The molecule has 1 aliphatic heterocycles. The fraction of sp³-hybridized carbons (Fsp3) is 0.929. The number of rotatable bonds is 3. The van der Waals surface area contributed by atoms with Gasteiger partial charge in [-0.2, -0.15) is 0 Å². The van der Waals surface area contributed by atoms with Gasteiger partial charge in [-0.1, -0.05) is 33.1 Å². The van der Waals surface area contributed by atoms with E-state index in [-0.39, 0.29) is 11.9 Å². The normalized spacial score (nSPS) is 31.6. The highest BCUT2D eigenvalue weighted by Crippen LogP contribution is 2.27. The number of piperazine rings is 1. The molecule has 1 heterocycles. The quantitative estimate of drug-likeness (QED) is 0.790. The van der Waals surface area contributed by atoms with Crippen molar-refractivity contribution < 1.29 is 4.79 Å². The van der Waals surface area contributed by atoms with Gasteiger partial charge >= 0.3 is 0 Å². The fourth-order valence-electron chi connectivity index (χ4n) is 3.18. The Hall–Kier alpha value is -0.570. The molecule has 0 unspecified atom stereocenters. The van der Waals surface area contributed by atoms with Crippen LogP contribution in [-0.2, 0) is 4.79 Å². The van der Waals surface area contributed by atoms with Gasteiger partial charge in [-0.15, -0.1) is 0 Å². The van der Waals surface area contributed by atoms with Crippen molar-refractivity contribution in [2.75, 3.05) is 6.54 Å². The van der Waals surface area contributed by atoms with E-state index in [4.69, 9.17) is 0 Å². The van der Waals surface area contributed by atoms with E-state index in [0.717, 1.165) is 13.0 Å². The van der Waals surface area contributed by atoms with Crippen LogP contribution in [0.3, 0.4) is 0 Å². The number of amides is 1. The van der Waals surface area contributed by atoms with Crippen molar-refractivity contribution in [3.8, 4) is 0 Å². The van der Waals surface area contributed by atoms with Crippen molar-refractivity contribution in [2.24, 2.45) is 11.8 Å². The van der Waals surface area contributed by atoms with Crippen molar-refractivity contribution in [3.05, 3.63) is 0 Å². The summed E-state index contributed by atoms with van der Waals surface area (Å²) < 4.78 is 0. The van der Waals surface area contributed by atoms with Gasteiger partial charge in [-0.25, -0.2) is 0 Å². The summed E-state index contributed by atoms with van der Waals surface area (Å²) >= 11 is 0. The maximum atomic E-state index is 12.0. The molecule has 0 aromatic carbocycles. The van der Waals surface area contributed by atoms with Gasteiger partial charge in [0.15, 0.2) is 0 Å². The minimum absolute atomic E-state index is 0.0369. The Morgan fingerprint density at radius 3 is 2.53 bits per heavy atom. The molecule has 0 aromatic heterocycles. The Morgan fingerprint density at radius 1 is 1.24 bits per heavy atom. The van der Waals surface area contributed by atoms with E-state index >= 15 is 0 Å². The first-order chi connectivity index (χ1) is 8.16. The summed E-state index contributed by atoms with van der Waals surface area (Å²) in [5.41, 5.74) is 0. The smallest absolute Gasteiger partial charge is 0.237 e. The highest BCUT2D eigenvalue weighted by molar-refractivity contribution is 5.82. The first-order valence-corrected chi connectivity index (χ1v) is 7.20. The predicted octanol–water partition coefficient (Wildman–Crippen LogP) is 2.07. The summed E-state index contributed by atoms with van der Waals surface area (Å²) in [6.45, 7) is 5.30. The molecule has 2 atom stereocenters. The SMILES string of the molecule is CC(C)C[C@@H]1NC[C@H](C2CCCCC2)NC1=O. The molecule has 1 saturated carbocycles. The van der Waals surface area contributed by atoms with Crippen LogP contribution in [0.2, 0.25) is 0 Å². The average molecular weight is 238 g/mol.